The molecule has 1 aromatic heterocycles. The number of rotatable bonds is 10. The summed E-state index contributed by atoms with van der Waals surface area (Å²) in [6.07, 6.45) is 1.46. The number of Topliss-reactive ketones (excluding diaryl/α,β-unsaturated/α-hetero) is 1. The van der Waals surface area contributed by atoms with Gasteiger partial charge in [0.25, 0.3) is 5.56 Å². The predicted octanol–water partition coefficient (Wildman–Crippen LogP) is 2.27. The average molecular weight is 422 g/mol. The Morgan fingerprint density at radius 2 is 1.86 bits per heavy atom. The van der Waals surface area contributed by atoms with E-state index in [1.54, 1.807) is 25.2 Å². The molecule has 2 rings (SSSR count). The van der Waals surface area contributed by atoms with Crippen molar-refractivity contribution in [3.8, 4) is 5.75 Å². The molecule has 0 N–H and O–H groups in total. The molecule has 0 saturated heterocycles. The zero-order chi connectivity index (χ0) is 21.6. The molecule has 0 bridgehead atoms. The summed E-state index contributed by atoms with van der Waals surface area (Å²) in [6, 6.07) is 6.55. The Morgan fingerprint density at radius 1 is 1.14 bits per heavy atom. The molecule has 1 heterocycles. The minimum absolute atomic E-state index is 0.0885. The molecule has 8 heteroatoms. The highest BCUT2D eigenvalue weighted by atomic mass is 35.5. The van der Waals surface area contributed by atoms with E-state index >= 15 is 0 Å². The summed E-state index contributed by atoms with van der Waals surface area (Å²) in [5.74, 6) is 0.447. The van der Waals surface area contributed by atoms with Gasteiger partial charge in [0, 0.05) is 37.4 Å². The van der Waals surface area contributed by atoms with Crippen molar-refractivity contribution in [1.29, 1.82) is 0 Å². The highest BCUT2D eigenvalue weighted by molar-refractivity contribution is 6.31. The van der Waals surface area contributed by atoms with Crippen LogP contribution < -0.4 is 16.0 Å². The van der Waals surface area contributed by atoms with E-state index in [1.807, 2.05) is 0 Å². The standard InChI is InChI=1S/C21H28ClN3O4/c1-5-25(10-6-7-17-14-20(27)24(4)21(28)23(17)3)11-12-29-19-9-8-16(22)13-18(19)15(2)26/h8-9,13-14H,5-7,10-12H2,1-4H3. The van der Waals surface area contributed by atoms with Crippen molar-refractivity contribution in [2.75, 3.05) is 26.2 Å². The van der Waals surface area contributed by atoms with Gasteiger partial charge in [-0.25, -0.2) is 4.79 Å². The third kappa shape index (κ3) is 6.05. The maximum atomic E-state index is 12.0. The quantitative estimate of drug-likeness (QED) is 0.550. The van der Waals surface area contributed by atoms with E-state index in [0.717, 1.165) is 29.8 Å². The van der Waals surface area contributed by atoms with Gasteiger partial charge in [-0.1, -0.05) is 18.5 Å². The topological polar surface area (TPSA) is 73.5 Å². The molecular weight excluding hydrogens is 394 g/mol. The lowest BCUT2D eigenvalue weighted by molar-refractivity contribution is 0.101. The van der Waals surface area contributed by atoms with Crippen LogP contribution in [-0.2, 0) is 20.5 Å². The molecule has 0 saturated carbocycles. The molecule has 0 radical (unpaired) electrons. The molecule has 0 amide bonds. The number of aromatic nitrogens is 2. The van der Waals surface area contributed by atoms with Gasteiger partial charge in [-0.2, -0.15) is 0 Å². The Bertz CT molecular complexity index is 981. The molecule has 1 aromatic carbocycles. The first-order valence-electron chi connectivity index (χ1n) is 9.66. The van der Waals surface area contributed by atoms with Crippen LogP contribution in [0.1, 0.15) is 36.3 Å². The van der Waals surface area contributed by atoms with Gasteiger partial charge in [-0.3, -0.25) is 14.2 Å². The average Bonchev–Trinajstić information content (AvgIpc) is 2.69. The highest BCUT2D eigenvalue weighted by Gasteiger charge is 2.11. The summed E-state index contributed by atoms with van der Waals surface area (Å²) in [5, 5.41) is 0.503. The lowest BCUT2D eigenvalue weighted by atomic mass is 10.1. The van der Waals surface area contributed by atoms with Gasteiger partial charge in [0.2, 0.25) is 0 Å². The minimum atomic E-state index is -0.308. The maximum Gasteiger partial charge on any atom is 0.330 e. The SMILES string of the molecule is CCN(CCCc1cc(=O)n(C)c(=O)n1C)CCOc1ccc(Cl)cc1C(C)=O. The predicted molar refractivity (Wildman–Crippen MR) is 114 cm³/mol. The molecule has 7 nitrogen and oxygen atoms in total. The molecule has 0 aliphatic rings. The van der Waals surface area contributed by atoms with Crippen molar-refractivity contribution >= 4 is 17.4 Å². The molecule has 2 aromatic rings. The number of benzene rings is 1. The smallest absolute Gasteiger partial charge is 0.330 e. The fourth-order valence-corrected chi connectivity index (χ4v) is 3.29. The second-order valence-electron chi connectivity index (χ2n) is 6.96. The van der Waals surface area contributed by atoms with Crippen molar-refractivity contribution in [2.24, 2.45) is 14.1 Å². The third-order valence-corrected chi connectivity index (χ3v) is 5.20. The van der Waals surface area contributed by atoms with Crippen LogP contribution in [-0.4, -0.2) is 46.1 Å². The van der Waals surface area contributed by atoms with Crippen LogP contribution in [0.25, 0.3) is 0 Å². The lowest BCUT2D eigenvalue weighted by Gasteiger charge is -2.21. The van der Waals surface area contributed by atoms with Crippen LogP contribution in [0.15, 0.2) is 33.9 Å². The number of carbonyl (C=O) groups is 1. The first-order chi connectivity index (χ1) is 13.7. The molecule has 0 atom stereocenters. The fourth-order valence-electron chi connectivity index (χ4n) is 3.12. The van der Waals surface area contributed by atoms with Crippen LogP contribution in [0, 0.1) is 0 Å². The van der Waals surface area contributed by atoms with E-state index in [2.05, 4.69) is 11.8 Å². The van der Waals surface area contributed by atoms with E-state index in [9.17, 15) is 14.4 Å². The van der Waals surface area contributed by atoms with Gasteiger partial charge in [0.05, 0.1) is 5.56 Å². The third-order valence-electron chi connectivity index (χ3n) is 4.97. The Kier molecular flexibility index (Phi) is 8.22. The number of nitrogens with zero attached hydrogens (tertiary/aromatic N) is 3. The van der Waals surface area contributed by atoms with Crippen LogP contribution in [0.2, 0.25) is 5.02 Å². The zero-order valence-corrected chi connectivity index (χ0v) is 18.2. The number of ketones is 1. The fraction of sp³-hybridized carbons (Fsp3) is 0.476. The molecule has 0 aliphatic carbocycles. The molecule has 158 valence electrons. The number of halogens is 1. The summed E-state index contributed by atoms with van der Waals surface area (Å²) in [4.78, 5) is 37.8. The number of carbonyl (C=O) groups excluding carboxylic acids is 1. The van der Waals surface area contributed by atoms with E-state index in [0.29, 0.717) is 35.9 Å². The summed E-state index contributed by atoms with van der Waals surface area (Å²) < 4.78 is 8.42. The largest absolute Gasteiger partial charge is 0.491 e. The Hall–Kier alpha value is -2.38. The molecule has 0 spiro atoms. The summed E-state index contributed by atoms with van der Waals surface area (Å²) >= 11 is 5.96. The van der Waals surface area contributed by atoms with Crippen molar-refractivity contribution in [3.05, 3.63) is 61.4 Å². The summed E-state index contributed by atoms with van der Waals surface area (Å²) in [6.45, 7) is 6.35. The lowest BCUT2D eigenvalue weighted by Crippen LogP contribution is -2.38. The monoisotopic (exact) mass is 421 g/mol. The molecule has 0 aliphatic heterocycles. The molecule has 0 fully saturated rings. The van der Waals surface area contributed by atoms with E-state index in [4.69, 9.17) is 16.3 Å². The first kappa shape index (κ1) is 22.9. The van der Waals surface area contributed by atoms with Crippen LogP contribution in [0.5, 0.6) is 5.75 Å². The van der Waals surface area contributed by atoms with E-state index in [-0.39, 0.29) is 17.0 Å². The van der Waals surface area contributed by atoms with E-state index in [1.165, 1.54) is 24.6 Å². The number of likely N-dealkylation sites (N-methyl/N-ethyl adjacent to an activating group) is 1. The molecule has 0 unspecified atom stereocenters. The Morgan fingerprint density at radius 3 is 2.52 bits per heavy atom. The maximum absolute atomic E-state index is 12.0. The number of hydrogen-bond donors (Lipinski definition) is 0. The van der Waals surface area contributed by atoms with Gasteiger partial charge < -0.3 is 14.2 Å². The van der Waals surface area contributed by atoms with Gasteiger partial charge in [0.15, 0.2) is 5.78 Å². The Balaban J connectivity index is 1.89. The van der Waals surface area contributed by atoms with Crippen molar-refractivity contribution in [1.82, 2.24) is 14.0 Å². The number of hydrogen-bond acceptors (Lipinski definition) is 5. The van der Waals surface area contributed by atoms with Crippen LogP contribution in [0.3, 0.4) is 0 Å². The summed E-state index contributed by atoms with van der Waals surface area (Å²) in [7, 11) is 3.16. The second-order valence-corrected chi connectivity index (χ2v) is 7.39. The van der Waals surface area contributed by atoms with Crippen molar-refractivity contribution in [3.63, 3.8) is 0 Å². The van der Waals surface area contributed by atoms with Gasteiger partial charge in [-0.15, -0.1) is 0 Å². The minimum Gasteiger partial charge on any atom is -0.491 e. The van der Waals surface area contributed by atoms with Crippen LogP contribution >= 0.6 is 11.6 Å². The van der Waals surface area contributed by atoms with Gasteiger partial charge in [-0.05, 0) is 51.1 Å². The highest BCUT2D eigenvalue weighted by Crippen LogP contribution is 2.23. The van der Waals surface area contributed by atoms with Gasteiger partial charge >= 0.3 is 5.69 Å². The first-order valence-corrected chi connectivity index (χ1v) is 10.0. The van der Waals surface area contributed by atoms with Crippen molar-refractivity contribution in [2.45, 2.75) is 26.7 Å². The molecular formula is C21H28ClN3O4. The normalized spacial score (nSPS) is 11.1. The zero-order valence-electron chi connectivity index (χ0n) is 17.4. The number of ether oxygens (including phenoxy) is 1. The molecule has 29 heavy (non-hydrogen) atoms. The van der Waals surface area contributed by atoms with E-state index < -0.39 is 0 Å². The van der Waals surface area contributed by atoms with Gasteiger partial charge in [0.1, 0.15) is 12.4 Å². The number of aryl methyl sites for hydroxylation is 1. The Labute approximate surface area is 175 Å². The second kappa shape index (κ2) is 10.4. The van der Waals surface area contributed by atoms with Crippen LogP contribution in [0.4, 0.5) is 0 Å². The summed E-state index contributed by atoms with van der Waals surface area (Å²) in [5.41, 5.74) is 0.621. The van der Waals surface area contributed by atoms with Crippen molar-refractivity contribution < 1.29 is 9.53 Å².